The summed E-state index contributed by atoms with van der Waals surface area (Å²) in [6, 6.07) is 21.7. The molecule has 0 aliphatic carbocycles. The van der Waals surface area contributed by atoms with Crippen LogP contribution in [-0.2, 0) is 17.8 Å². The molecule has 34 heavy (non-hydrogen) atoms. The molecular weight excluding hydrogens is 458 g/mol. The number of amides is 1. The molecule has 1 heterocycles. The van der Waals surface area contributed by atoms with E-state index >= 15 is 0 Å². The zero-order chi connectivity index (χ0) is 24.1. The molecular formula is C25H22F2N4O2S. The summed E-state index contributed by atoms with van der Waals surface area (Å²) in [4.78, 5) is 12.8. The van der Waals surface area contributed by atoms with Crippen molar-refractivity contribution in [3.05, 3.63) is 94.3 Å². The van der Waals surface area contributed by atoms with E-state index in [2.05, 4.69) is 20.3 Å². The third kappa shape index (κ3) is 5.74. The van der Waals surface area contributed by atoms with Gasteiger partial charge in [0, 0.05) is 23.2 Å². The Bertz CT molecular complexity index is 1350. The summed E-state index contributed by atoms with van der Waals surface area (Å²) in [6.07, 6.45) is 0.372. The Morgan fingerprint density at radius 1 is 1.12 bits per heavy atom. The first-order chi connectivity index (χ1) is 16.4. The molecule has 0 bridgehead atoms. The molecule has 0 spiro atoms. The maximum atomic E-state index is 12.9. The van der Waals surface area contributed by atoms with Crippen LogP contribution in [0.25, 0.3) is 11.4 Å². The minimum atomic E-state index is -2.95. The quantitative estimate of drug-likeness (QED) is 0.315. The minimum Gasteiger partial charge on any atom is -0.435 e. The van der Waals surface area contributed by atoms with Crippen molar-refractivity contribution >= 4 is 23.8 Å². The lowest BCUT2D eigenvalue weighted by Gasteiger charge is -2.14. The Labute approximate surface area is 200 Å². The van der Waals surface area contributed by atoms with Gasteiger partial charge in [-0.15, -0.1) is 0 Å². The number of ether oxygens (including phenoxy) is 1. The normalized spacial score (nSPS) is 10.9. The first-order valence-electron chi connectivity index (χ1n) is 10.5. The third-order valence-electron chi connectivity index (χ3n) is 5.13. The highest BCUT2D eigenvalue weighted by Gasteiger charge is 2.15. The van der Waals surface area contributed by atoms with Crippen molar-refractivity contribution in [1.29, 1.82) is 0 Å². The van der Waals surface area contributed by atoms with Crippen molar-refractivity contribution in [3.8, 4) is 17.1 Å². The fraction of sp³-hybridized carbons (Fsp3) is 0.160. The van der Waals surface area contributed by atoms with Crippen LogP contribution in [0.15, 0.2) is 72.8 Å². The van der Waals surface area contributed by atoms with Gasteiger partial charge in [-0.3, -0.25) is 14.5 Å². The molecule has 0 saturated carbocycles. The van der Waals surface area contributed by atoms with Gasteiger partial charge in [0.05, 0.1) is 0 Å². The van der Waals surface area contributed by atoms with E-state index < -0.39 is 6.61 Å². The largest absolute Gasteiger partial charge is 0.435 e. The van der Waals surface area contributed by atoms with Gasteiger partial charge in [0.15, 0.2) is 10.6 Å². The predicted molar refractivity (Wildman–Crippen MR) is 129 cm³/mol. The minimum absolute atomic E-state index is 0.0654. The summed E-state index contributed by atoms with van der Waals surface area (Å²) >= 11 is 5.32. The lowest BCUT2D eigenvalue weighted by Crippen LogP contribution is -2.19. The van der Waals surface area contributed by atoms with Crippen LogP contribution >= 0.6 is 12.2 Å². The summed E-state index contributed by atoms with van der Waals surface area (Å²) in [5.74, 6) is 0.282. The number of H-pyrrole nitrogens is 1. The SMILES string of the molecule is Cc1cccc(-c2n[nH]c(=S)n2CC(=O)Nc2ccc(OC(F)F)c(Cc3ccccc3)c2)c1. The molecule has 0 fully saturated rings. The van der Waals surface area contributed by atoms with Gasteiger partial charge in [-0.25, -0.2) is 0 Å². The molecule has 4 aromatic rings. The molecule has 0 saturated heterocycles. The van der Waals surface area contributed by atoms with E-state index in [1.165, 1.54) is 12.1 Å². The Balaban J connectivity index is 1.55. The van der Waals surface area contributed by atoms with Gasteiger partial charge in [0.25, 0.3) is 0 Å². The highest BCUT2D eigenvalue weighted by molar-refractivity contribution is 7.71. The molecule has 0 aliphatic rings. The number of carbonyl (C=O) groups is 1. The highest BCUT2D eigenvalue weighted by Crippen LogP contribution is 2.27. The second-order valence-electron chi connectivity index (χ2n) is 7.72. The number of nitrogens with one attached hydrogen (secondary N) is 2. The fourth-order valence-corrected chi connectivity index (χ4v) is 3.83. The summed E-state index contributed by atoms with van der Waals surface area (Å²) < 4.78 is 32.4. The molecule has 6 nitrogen and oxygen atoms in total. The average Bonchev–Trinajstić information content (AvgIpc) is 3.16. The second-order valence-corrected chi connectivity index (χ2v) is 8.11. The predicted octanol–water partition coefficient (Wildman–Crippen LogP) is 5.75. The monoisotopic (exact) mass is 480 g/mol. The van der Waals surface area contributed by atoms with Crippen LogP contribution in [-0.4, -0.2) is 27.3 Å². The first-order valence-corrected chi connectivity index (χ1v) is 10.9. The van der Waals surface area contributed by atoms with Crippen molar-refractivity contribution in [2.24, 2.45) is 0 Å². The van der Waals surface area contributed by atoms with Gasteiger partial charge >= 0.3 is 6.61 Å². The number of alkyl halides is 2. The number of hydrogen-bond donors (Lipinski definition) is 2. The Kier molecular flexibility index (Phi) is 7.12. The number of benzene rings is 3. The molecule has 9 heteroatoms. The van der Waals surface area contributed by atoms with Crippen LogP contribution in [0.3, 0.4) is 0 Å². The first kappa shape index (κ1) is 23.3. The van der Waals surface area contributed by atoms with E-state index in [0.717, 1.165) is 16.7 Å². The van der Waals surface area contributed by atoms with Gasteiger partial charge in [-0.05, 0) is 49.0 Å². The van der Waals surface area contributed by atoms with Crippen molar-refractivity contribution in [2.75, 3.05) is 5.32 Å². The van der Waals surface area contributed by atoms with Crippen molar-refractivity contribution in [1.82, 2.24) is 14.8 Å². The number of aryl methyl sites for hydroxylation is 1. The molecule has 1 aromatic heterocycles. The Morgan fingerprint density at radius 2 is 1.91 bits per heavy atom. The van der Waals surface area contributed by atoms with E-state index in [4.69, 9.17) is 12.2 Å². The van der Waals surface area contributed by atoms with Gasteiger partial charge in [-0.1, -0.05) is 54.1 Å². The highest BCUT2D eigenvalue weighted by atomic mass is 32.1. The number of hydrogen-bond acceptors (Lipinski definition) is 4. The van der Waals surface area contributed by atoms with Crippen LogP contribution in [0, 0.1) is 11.7 Å². The zero-order valence-corrected chi connectivity index (χ0v) is 19.1. The number of carbonyl (C=O) groups excluding carboxylic acids is 1. The lowest BCUT2D eigenvalue weighted by atomic mass is 10.0. The van der Waals surface area contributed by atoms with E-state index in [-0.39, 0.29) is 18.2 Å². The van der Waals surface area contributed by atoms with E-state index in [0.29, 0.717) is 28.3 Å². The summed E-state index contributed by atoms with van der Waals surface area (Å²) in [6.45, 7) is -1.05. The molecule has 4 rings (SSSR count). The van der Waals surface area contributed by atoms with Gasteiger partial charge < -0.3 is 10.1 Å². The topological polar surface area (TPSA) is 71.9 Å². The molecule has 1 amide bonds. The molecule has 3 aromatic carbocycles. The summed E-state index contributed by atoms with van der Waals surface area (Å²) in [7, 11) is 0. The van der Waals surface area contributed by atoms with Crippen LogP contribution < -0.4 is 10.1 Å². The number of aromatic amines is 1. The van der Waals surface area contributed by atoms with Crippen LogP contribution in [0.5, 0.6) is 5.75 Å². The Morgan fingerprint density at radius 3 is 2.65 bits per heavy atom. The number of anilines is 1. The molecule has 174 valence electrons. The number of halogens is 2. The van der Waals surface area contributed by atoms with Crippen LogP contribution in [0.4, 0.5) is 14.5 Å². The van der Waals surface area contributed by atoms with E-state index in [9.17, 15) is 13.6 Å². The summed E-state index contributed by atoms with van der Waals surface area (Å²) in [5, 5.41) is 9.81. The molecule has 0 aliphatic heterocycles. The molecule has 0 unspecified atom stereocenters. The molecule has 0 atom stereocenters. The molecule has 2 N–H and O–H groups in total. The van der Waals surface area contributed by atoms with Crippen molar-refractivity contribution in [2.45, 2.75) is 26.5 Å². The van der Waals surface area contributed by atoms with Gasteiger partial charge in [0.2, 0.25) is 5.91 Å². The smallest absolute Gasteiger partial charge is 0.387 e. The number of nitrogens with zero attached hydrogens (tertiary/aromatic N) is 2. The van der Waals surface area contributed by atoms with Gasteiger partial charge in [-0.2, -0.15) is 13.9 Å². The second kappa shape index (κ2) is 10.4. The fourth-order valence-electron chi connectivity index (χ4n) is 3.64. The maximum Gasteiger partial charge on any atom is 0.387 e. The van der Waals surface area contributed by atoms with Crippen LogP contribution in [0.2, 0.25) is 0 Å². The standard InChI is InChI=1S/C25H22F2N4O2S/c1-16-6-5-9-18(12-16)23-29-30-25(34)31(23)15-22(32)28-20-10-11-21(33-24(26)27)19(14-20)13-17-7-3-2-4-8-17/h2-12,14,24H,13,15H2,1H3,(H,28,32)(H,30,34). The number of rotatable bonds is 8. The maximum absolute atomic E-state index is 12.9. The average molecular weight is 481 g/mol. The number of aromatic nitrogens is 3. The van der Waals surface area contributed by atoms with E-state index in [1.807, 2.05) is 61.5 Å². The Hall–Kier alpha value is -3.85. The van der Waals surface area contributed by atoms with Crippen LogP contribution in [0.1, 0.15) is 16.7 Å². The summed E-state index contributed by atoms with van der Waals surface area (Å²) in [5.41, 5.74) is 3.81. The lowest BCUT2D eigenvalue weighted by molar-refractivity contribution is -0.116. The molecule has 0 radical (unpaired) electrons. The zero-order valence-electron chi connectivity index (χ0n) is 18.3. The van der Waals surface area contributed by atoms with E-state index in [1.54, 1.807) is 10.6 Å². The van der Waals surface area contributed by atoms with Crippen molar-refractivity contribution in [3.63, 3.8) is 0 Å². The van der Waals surface area contributed by atoms with Crippen molar-refractivity contribution < 1.29 is 18.3 Å². The third-order valence-corrected chi connectivity index (χ3v) is 5.45. The van der Waals surface area contributed by atoms with Gasteiger partial charge in [0.1, 0.15) is 12.3 Å².